The average Bonchev–Trinajstić information content (AvgIpc) is 2.46. The van der Waals surface area contributed by atoms with Gasteiger partial charge >= 0.3 is 0 Å². The number of piperidine rings is 1. The summed E-state index contributed by atoms with van der Waals surface area (Å²) in [6.45, 7) is 1.57. The Bertz CT molecular complexity index is 488. The molecule has 2 rings (SSSR count). The maximum Gasteiger partial charge on any atom is 0.260 e. The summed E-state index contributed by atoms with van der Waals surface area (Å²) in [6.07, 6.45) is 2.13. The smallest absolute Gasteiger partial charge is 0.260 e. The van der Waals surface area contributed by atoms with Gasteiger partial charge in [0, 0.05) is 23.6 Å². The number of benzene rings is 1. The lowest BCUT2D eigenvalue weighted by Gasteiger charge is -2.32. The van der Waals surface area contributed by atoms with Crippen molar-refractivity contribution in [3.8, 4) is 5.75 Å². The number of hydrogen-bond acceptors (Lipinski definition) is 3. The molecule has 0 radical (unpaired) electrons. The van der Waals surface area contributed by atoms with Crippen LogP contribution in [0.5, 0.6) is 5.75 Å². The van der Waals surface area contributed by atoms with Gasteiger partial charge in [0.15, 0.2) is 6.61 Å². The number of likely N-dealkylation sites (N-methyl/N-ethyl adjacent to an activating group) is 1. The molecule has 1 aliphatic rings. The molecule has 4 nitrogen and oxygen atoms in total. The van der Waals surface area contributed by atoms with Gasteiger partial charge in [-0.15, -0.1) is 12.4 Å². The zero-order valence-corrected chi connectivity index (χ0v) is 14.9. The average molecular weight is 398 g/mol. The highest BCUT2D eigenvalue weighted by Gasteiger charge is 2.22. The molecule has 1 aromatic rings. The van der Waals surface area contributed by atoms with Gasteiger partial charge in [-0.25, -0.2) is 0 Å². The van der Waals surface area contributed by atoms with Gasteiger partial charge < -0.3 is 15.0 Å². The Morgan fingerprint density at radius 3 is 3.00 bits per heavy atom. The van der Waals surface area contributed by atoms with Crippen LogP contribution in [0, 0.1) is 0 Å². The summed E-state index contributed by atoms with van der Waals surface area (Å²) in [5, 5.41) is 3.72. The van der Waals surface area contributed by atoms with E-state index >= 15 is 0 Å². The second kappa shape index (κ2) is 8.83. The van der Waals surface area contributed by atoms with Gasteiger partial charge in [0.2, 0.25) is 0 Å². The topological polar surface area (TPSA) is 41.6 Å². The molecule has 0 aliphatic carbocycles. The van der Waals surface area contributed by atoms with Crippen LogP contribution >= 0.6 is 39.9 Å². The molecule has 0 aromatic heterocycles. The second-order valence-electron chi connectivity index (χ2n) is 4.83. The number of nitrogens with zero attached hydrogens (tertiary/aromatic N) is 1. The Morgan fingerprint density at radius 2 is 2.33 bits per heavy atom. The van der Waals surface area contributed by atoms with Crippen molar-refractivity contribution in [3.05, 3.63) is 27.7 Å². The fourth-order valence-electron chi connectivity index (χ4n) is 2.26. The third kappa shape index (κ3) is 5.33. The molecule has 0 saturated carbocycles. The van der Waals surface area contributed by atoms with Crippen molar-refractivity contribution < 1.29 is 9.53 Å². The fourth-order valence-corrected chi connectivity index (χ4v) is 2.99. The van der Waals surface area contributed by atoms with E-state index in [0.717, 1.165) is 30.4 Å². The normalized spacial score (nSPS) is 18.0. The number of ether oxygens (including phenoxy) is 1. The van der Waals surface area contributed by atoms with Gasteiger partial charge in [-0.05, 0) is 38.1 Å². The zero-order chi connectivity index (χ0) is 14.5. The first-order valence-corrected chi connectivity index (χ1v) is 7.80. The van der Waals surface area contributed by atoms with E-state index < -0.39 is 0 Å². The van der Waals surface area contributed by atoms with Crippen LogP contribution in [0.15, 0.2) is 22.7 Å². The van der Waals surface area contributed by atoms with E-state index in [9.17, 15) is 4.79 Å². The molecule has 1 amide bonds. The SMILES string of the molecule is CNC1CCCN(C(=O)COc2ccc(Br)cc2Cl)C1.Cl. The van der Waals surface area contributed by atoms with Crippen molar-refractivity contribution in [1.29, 1.82) is 0 Å². The summed E-state index contributed by atoms with van der Waals surface area (Å²) in [4.78, 5) is 14.0. The predicted molar refractivity (Wildman–Crippen MR) is 90.6 cm³/mol. The van der Waals surface area contributed by atoms with Gasteiger partial charge in [0.25, 0.3) is 5.91 Å². The second-order valence-corrected chi connectivity index (χ2v) is 6.15. The Hall–Kier alpha value is -0.490. The van der Waals surface area contributed by atoms with Crippen molar-refractivity contribution in [2.24, 2.45) is 0 Å². The van der Waals surface area contributed by atoms with E-state index in [1.54, 1.807) is 12.1 Å². The number of likely N-dealkylation sites (tertiary alicyclic amines) is 1. The minimum absolute atomic E-state index is 0. The first kappa shape index (κ1) is 18.6. The van der Waals surface area contributed by atoms with Gasteiger partial charge in [-0.2, -0.15) is 0 Å². The zero-order valence-electron chi connectivity index (χ0n) is 11.8. The molecule has 1 aromatic carbocycles. The van der Waals surface area contributed by atoms with Crippen LogP contribution in [0.3, 0.4) is 0 Å². The van der Waals surface area contributed by atoms with Crippen LogP contribution < -0.4 is 10.1 Å². The number of nitrogens with one attached hydrogen (secondary N) is 1. The van der Waals surface area contributed by atoms with Crippen LogP contribution in [0.25, 0.3) is 0 Å². The van der Waals surface area contributed by atoms with Crippen molar-refractivity contribution in [1.82, 2.24) is 10.2 Å². The summed E-state index contributed by atoms with van der Waals surface area (Å²) in [7, 11) is 1.93. The molecule has 1 fully saturated rings. The van der Waals surface area contributed by atoms with Crippen LogP contribution in [-0.2, 0) is 4.79 Å². The Kier molecular flexibility index (Phi) is 7.81. The summed E-state index contributed by atoms with van der Waals surface area (Å²) in [5.74, 6) is 0.536. The molecule has 1 N–H and O–H groups in total. The van der Waals surface area contributed by atoms with E-state index in [-0.39, 0.29) is 24.9 Å². The monoisotopic (exact) mass is 396 g/mol. The van der Waals surface area contributed by atoms with Crippen LogP contribution in [0.1, 0.15) is 12.8 Å². The highest BCUT2D eigenvalue weighted by Crippen LogP contribution is 2.27. The van der Waals surface area contributed by atoms with E-state index in [0.29, 0.717) is 16.8 Å². The molecule has 1 unspecified atom stereocenters. The summed E-state index contributed by atoms with van der Waals surface area (Å²) in [6, 6.07) is 5.72. The number of carbonyl (C=O) groups excluding carboxylic acids is 1. The minimum Gasteiger partial charge on any atom is -0.482 e. The fraction of sp³-hybridized carbons (Fsp3) is 0.500. The summed E-state index contributed by atoms with van der Waals surface area (Å²) in [5.41, 5.74) is 0. The molecule has 7 heteroatoms. The third-order valence-corrected chi connectivity index (χ3v) is 4.22. The van der Waals surface area contributed by atoms with E-state index in [1.165, 1.54) is 0 Å². The Morgan fingerprint density at radius 1 is 1.57 bits per heavy atom. The van der Waals surface area contributed by atoms with Crippen molar-refractivity contribution in [2.75, 3.05) is 26.7 Å². The molecule has 1 saturated heterocycles. The largest absolute Gasteiger partial charge is 0.482 e. The lowest BCUT2D eigenvalue weighted by molar-refractivity contribution is -0.134. The molecular weight excluding hydrogens is 379 g/mol. The highest BCUT2D eigenvalue weighted by molar-refractivity contribution is 9.10. The van der Waals surface area contributed by atoms with Crippen LogP contribution in [0.4, 0.5) is 0 Å². The molecule has 21 heavy (non-hydrogen) atoms. The Labute approximate surface area is 144 Å². The number of halogens is 3. The molecule has 0 spiro atoms. The quantitative estimate of drug-likeness (QED) is 0.848. The van der Waals surface area contributed by atoms with E-state index in [1.807, 2.05) is 18.0 Å². The van der Waals surface area contributed by atoms with Crippen molar-refractivity contribution in [2.45, 2.75) is 18.9 Å². The van der Waals surface area contributed by atoms with Crippen LogP contribution in [0.2, 0.25) is 5.02 Å². The van der Waals surface area contributed by atoms with E-state index in [4.69, 9.17) is 16.3 Å². The lowest BCUT2D eigenvalue weighted by Crippen LogP contribution is -2.48. The van der Waals surface area contributed by atoms with E-state index in [2.05, 4.69) is 21.2 Å². The van der Waals surface area contributed by atoms with Gasteiger partial charge in [0.05, 0.1) is 5.02 Å². The minimum atomic E-state index is 0. The first-order chi connectivity index (χ1) is 9.60. The Balaban J connectivity index is 0.00000220. The molecule has 1 aliphatic heterocycles. The lowest BCUT2D eigenvalue weighted by atomic mass is 10.1. The summed E-state index contributed by atoms with van der Waals surface area (Å²) >= 11 is 9.39. The van der Waals surface area contributed by atoms with Gasteiger partial charge in [-0.1, -0.05) is 27.5 Å². The molecule has 118 valence electrons. The van der Waals surface area contributed by atoms with Crippen LogP contribution in [-0.4, -0.2) is 43.6 Å². The maximum absolute atomic E-state index is 12.1. The summed E-state index contributed by atoms with van der Waals surface area (Å²) < 4.78 is 6.39. The number of rotatable bonds is 4. The highest BCUT2D eigenvalue weighted by atomic mass is 79.9. The third-order valence-electron chi connectivity index (χ3n) is 3.43. The maximum atomic E-state index is 12.1. The predicted octanol–water partition coefficient (Wildman–Crippen LogP) is 3.11. The van der Waals surface area contributed by atoms with Gasteiger partial charge in [-0.3, -0.25) is 4.79 Å². The standard InChI is InChI=1S/C14H18BrClN2O2.ClH/c1-17-11-3-2-6-18(8-11)14(19)9-20-13-5-4-10(15)7-12(13)16;/h4-5,7,11,17H,2-3,6,8-9H2,1H3;1H. The molecule has 1 heterocycles. The first-order valence-electron chi connectivity index (χ1n) is 6.63. The molecular formula is C14H19BrCl2N2O2. The molecule has 1 atom stereocenters. The number of carbonyl (C=O) groups is 1. The van der Waals surface area contributed by atoms with Crippen molar-refractivity contribution >= 4 is 45.8 Å². The molecule has 0 bridgehead atoms. The van der Waals surface area contributed by atoms with Gasteiger partial charge in [0.1, 0.15) is 5.75 Å². The number of amides is 1. The van der Waals surface area contributed by atoms with Crippen molar-refractivity contribution in [3.63, 3.8) is 0 Å². The number of hydrogen-bond donors (Lipinski definition) is 1.